The standard InChI is InChI=1S/C34H26ClN3O7/c1-3-43-29-16-21(15-25(35)31(29)44-19-20-8-6-9-22(14-20)34(40)41)18-36-38-32(37-26-11-5-4-10-23(26)33(38)39)30-17-24-27(42-2)12-7-13-28(24)45-30/h4-18H,3,19H2,1-2H3,(H,40,41). The average Bonchev–Trinajstić information content (AvgIpc) is 3.49. The lowest BCUT2D eigenvalue weighted by Gasteiger charge is -2.15. The summed E-state index contributed by atoms with van der Waals surface area (Å²) < 4.78 is 24.5. The van der Waals surface area contributed by atoms with Crippen molar-refractivity contribution in [3.63, 3.8) is 0 Å². The predicted molar refractivity (Wildman–Crippen MR) is 171 cm³/mol. The maximum atomic E-state index is 13.7. The Morgan fingerprint density at radius 3 is 2.62 bits per heavy atom. The minimum atomic E-state index is -1.03. The van der Waals surface area contributed by atoms with Crippen molar-refractivity contribution in [3.05, 3.63) is 117 Å². The first-order chi connectivity index (χ1) is 21.9. The van der Waals surface area contributed by atoms with Gasteiger partial charge in [0.25, 0.3) is 5.56 Å². The molecule has 0 aliphatic carbocycles. The first-order valence-electron chi connectivity index (χ1n) is 13.9. The number of aromatic nitrogens is 2. The summed E-state index contributed by atoms with van der Waals surface area (Å²) in [6.45, 7) is 2.22. The molecule has 0 saturated carbocycles. The number of para-hydroxylation sites is 1. The smallest absolute Gasteiger partial charge is 0.335 e. The van der Waals surface area contributed by atoms with E-state index in [2.05, 4.69) is 5.10 Å². The van der Waals surface area contributed by atoms with Gasteiger partial charge in [0.05, 0.1) is 46.8 Å². The Labute approximate surface area is 261 Å². The number of methoxy groups -OCH3 is 1. The Balaban J connectivity index is 1.39. The van der Waals surface area contributed by atoms with Crippen LogP contribution in [0.5, 0.6) is 17.2 Å². The maximum absolute atomic E-state index is 13.7. The van der Waals surface area contributed by atoms with Gasteiger partial charge < -0.3 is 23.7 Å². The van der Waals surface area contributed by atoms with Crippen LogP contribution in [0.1, 0.15) is 28.4 Å². The van der Waals surface area contributed by atoms with Crippen molar-refractivity contribution in [2.45, 2.75) is 13.5 Å². The van der Waals surface area contributed by atoms with Crippen molar-refractivity contribution in [3.8, 4) is 28.8 Å². The molecule has 4 aromatic carbocycles. The molecule has 0 radical (unpaired) electrons. The molecule has 226 valence electrons. The zero-order valence-corrected chi connectivity index (χ0v) is 24.9. The molecule has 0 atom stereocenters. The van der Waals surface area contributed by atoms with Gasteiger partial charge in [-0.05, 0) is 72.6 Å². The Kier molecular flexibility index (Phi) is 8.22. The molecular weight excluding hydrogens is 598 g/mol. The van der Waals surface area contributed by atoms with Gasteiger partial charge in [0.1, 0.15) is 17.9 Å². The van der Waals surface area contributed by atoms with E-state index < -0.39 is 5.97 Å². The number of hydrogen-bond acceptors (Lipinski definition) is 8. The second kappa shape index (κ2) is 12.6. The average molecular weight is 624 g/mol. The maximum Gasteiger partial charge on any atom is 0.335 e. The number of benzene rings is 4. The minimum Gasteiger partial charge on any atom is -0.496 e. The molecule has 0 saturated heterocycles. The Hall–Kier alpha value is -5.61. The Morgan fingerprint density at radius 2 is 1.82 bits per heavy atom. The predicted octanol–water partition coefficient (Wildman–Crippen LogP) is 7.03. The molecule has 1 N–H and O–H groups in total. The minimum absolute atomic E-state index is 0.0676. The number of carboxylic acids is 1. The van der Waals surface area contributed by atoms with Crippen LogP contribution in [0.2, 0.25) is 5.02 Å². The number of furan rings is 1. The lowest BCUT2D eigenvalue weighted by molar-refractivity contribution is 0.0696. The monoisotopic (exact) mass is 623 g/mol. The normalized spacial score (nSPS) is 11.4. The molecule has 0 bridgehead atoms. The van der Waals surface area contributed by atoms with E-state index in [0.29, 0.717) is 51.5 Å². The third-order valence-corrected chi connectivity index (χ3v) is 7.21. The molecule has 0 unspecified atom stereocenters. The summed E-state index contributed by atoms with van der Waals surface area (Å²) in [5, 5.41) is 15.2. The number of fused-ring (bicyclic) bond motifs is 2. The SMILES string of the molecule is CCOc1cc(C=Nn2c(-c3cc4c(OC)cccc4o3)nc3ccccc3c2=O)cc(Cl)c1OCc1cccc(C(=O)O)c1. The van der Waals surface area contributed by atoms with Crippen LogP contribution < -0.4 is 19.8 Å². The largest absolute Gasteiger partial charge is 0.496 e. The van der Waals surface area contributed by atoms with Crippen LogP contribution >= 0.6 is 11.6 Å². The van der Waals surface area contributed by atoms with Crippen LogP contribution in [0.4, 0.5) is 0 Å². The molecule has 0 aliphatic rings. The lowest BCUT2D eigenvalue weighted by atomic mass is 10.1. The van der Waals surface area contributed by atoms with Crippen LogP contribution in [0.15, 0.2) is 99.2 Å². The fourth-order valence-corrected chi connectivity index (χ4v) is 5.13. The molecular formula is C34H26ClN3O7. The van der Waals surface area contributed by atoms with E-state index in [1.807, 2.05) is 19.1 Å². The third kappa shape index (κ3) is 5.96. The molecule has 0 amide bonds. The van der Waals surface area contributed by atoms with E-state index >= 15 is 0 Å². The van der Waals surface area contributed by atoms with Gasteiger partial charge in [-0.1, -0.05) is 41.9 Å². The quantitative estimate of drug-likeness (QED) is 0.161. The second-order valence-electron chi connectivity index (χ2n) is 9.85. The topological polar surface area (TPSA) is 125 Å². The highest BCUT2D eigenvalue weighted by Crippen LogP contribution is 2.37. The van der Waals surface area contributed by atoms with Crippen LogP contribution in [0.25, 0.3) is 33.5 Å². The second-order valence-corrected chi connectivity index (χ2v) is 10.3. The van der Waals surface area contributed by atoms with Gasteiger partial charge in [0, 0.05) is 0 Å². The van der Waals surface area contributed by atoms with Crippen molar-refractivity contribution in [2.24, 2.45) is 5.10 Å². The van der Waals surface area contributed by atoms with Crippen LogP contribution in [-0.2, 0) is 6.61 Å². The molecule has 11 heteroatoms. The van der Waals surface area contributed by atoms with Crippen molar-refractivity contribution in [1.29, 1.82) is 0 Å². The number of rotatable bonds is 10. The molecule has 0 spiro atoms. The Morgan fingerprint density at radius 1 is 1.00 bits per heavy atom. The number of carboxylic acid groups (broad SMARTS) is 1. The summed E-state index contributed by atoms with van der Waals surface area (Å²) in [6, 6.07) is 24.0. The Bertz CT molecular complexity index is 2150. The molecule has 6 aromatic rings. The first kappa shape index (κ1) is 29.5. The number of ether oxygens (including phenoxy) is 3. The number of halogens is 1. The molecule has 10 nitrogen and oxygen atoms in total. The van der Waals surface area contributed by atoms with E-state index in [4.69, 9.17) is 35.2 Å². The van der Waals surface area contributed by atoms with Gasteiger partial charge in [-0.3, -0.25) is 4.79 Å². The van der Waals surface area contributed by atoms with Crippen molar-refractivity contribution in [2.75, 3.05) is 13.7 Å². The molecule has 2 aromatic heterocycles. The van der Waals surface area contributed by atoms with Crippen LogP contribution in [0.3, 0.4) is 0 Å². The molecule has 0 fully saturated rings. The highest BCUT2D eigenvalue weighted by atomic mass is 35.5. The number of nitrogens with zero attached hydrogens (tertiary/aromatic N) is 3. The third-order valence-electron chi connectivity index (χ3n) is 6.93. The van der Waals surface area contributed by atoms with E-state index in [0.717, 1.165) is 5.39 Å². The molecule has 6 rings (SSSR count). The van der Waals surface area contributed by atoms with Gasteiger partial charge >= 0.3 is 5.97 Å². The summed E-state index contributed by atoms with van der Waals surface area (Å²) in [4.78, 5) is 29.8. The number of hydrogen-bond donors (Lipinski definition) is 1. The van der Waals surface area contributed by atoms with Gasteiger partial charge in [0.2, 0.25) is 5.82 Å². The fourth-order valence-electron chi connectivity index (χ4n) is 4.85. The van der Waals surface area contributed by atoms with Crippen molar-refractivity contribution >= 4 is 45.7 Å². The van der Waals surface area contributed by atoms with E-state index in [1.54, 1.807) is 67.8 Å². The zero-order chi connectivity index (χ0) is 31.5. The fraction of sp³-hybridized carbons (Fsp3) is 0.118. The van der Waals surface area contributed by atoms with Gasteiger partial charge in [-0.15, -0.1) is 0 Å². The van der Waals surface area contributed by atoms with E-state index in [9.17, 15) is 14.7 Å². The van der Waals surface area contributed by atoms with E-state index in [1.165, 1.54) is 23.0 Å². The summed E-state index contributed by atoms with van der Waals surface area (Å²) in [6.07, 6.45) is 1.47. The molecule has 2 heterocycles. The number of carbonyl (C=O) groups is 1. The highest BCUT2D eigenvalue weighted by Gasteiger charge is 2.19. The summed E-state index contributed by atoms with van der Waals surface area (Å²) in [5.41, 5.74) is 2.00. The van der Waals surface area contributed by atoms with Crippen molar-refractivity contribution < 1.29 is 28.5 Å². The first-order valence-corrected chi connectivity index (χ1v) is 14.3. The summed E-state index contributed by atoms with van der Waals surface area (Å²) >= 11 is 6.64. The number of aromatic carboxylic acids is 1. The lowest BCUT2D eigenvalue weighted by Crippen LogP contribution is -2.20. The van der Waals surface area contributed by atoms with Gasteiger partial charge in [-0.2, -0.15) is 9.78 Å². The van der Waals surface area contributed by atoms with Gasteiger partial charge in [0.15, 0.2) is 17.3 Å². The van der Waals surface area contributed by atoms with Crippen molar-refractivity contribution in [1.82, 2.24) is 9.66 Å². The van der Waals surface area contributed by atoms with Crippen LogP contribution in [-0.4, -0.2) is 40.7 Å². The summed E-state index contributed by atoms with van der Waals surface area (Å²) in [5.74, 6) is 0.770. The van der Waals surface area contributed by atoms with Gasteiger partial charge in [-0.25, -0.2) is 9.78 Å². The van der Waals surface area contributed by atoms with E-state index in [-0.39, 0.29) is 34.3 Å². The highest BCUT2D eigenvalue weighted by molar-refractivity contribution is 6.32. The molecule has 0 aliphatic heterocycles. The van der Waals surface area contributed by atoms with Crippen LogP contribution in [0, 0.1) is 0 Å². The zero-order valence-electron chi connectivity index (χ0n) is 24.2. The summed E-state index contributed by atoms with van der Waals surface area (Å²) in [7, 11) is 1.57. The molecule has 45 heavy (non-hydrogen) atoms.